The Bertz CT molecular complexity index is 458. The zero-order chi connectivity index (χ0) is 16.3. The standard InChI is InChI=1S/C18H29N3OS/c1-2-3-4-5-16-6-8-17(9-7-16)20-18(23)19-10-11-21-12-14-22-15-13-21/h6-9H,2-5,10-15H2,1H3,(H2,19,20,23)/p+1. The lowest BCUT2D eigenvalue weighted by Crippen LogP contribution is -3.14. The van der Waals surface area contributed by atoms with Gasteiger partial charge in [-0.2, -0.15) is 0 Å². The fourth-order valence-corrected chi connectivity index (χ4v) is 2.99. The van der Waals surface area contributed by atoms with Gasteiger partial charge in [0.25, 0.3) is 0 Å². The van der Waals surface area contributed by atoms with Crippen LogP contribution in [0.2, 0.25) is 0 Å². The Balaban J connectivity index is 1.64. The quantitative estimate of drug-likeness (QED) is 0.498. The topological polar surface area (TPSA) is 37.7 Å². The van der Waals surface area contributed by atoms with Crippen molar-refractivity contribution in [3.63, 3.8) is 0 Å². The van der Waals surface area contributed by atoms with Gasteiger partial charge in [0, 0.05) is 5.69 Å². The molecule has 0 unspecified atom stereocenters. The monoisotopic (exact) mass is 336 g/mol. The van der Waals surface area contributed by atoms with E-state index in [1.54, 1.807) is 4.90 Å². The van der Waals surface area contributed by atoms with E-state index in [1.165, 1.54) is 31.2 Å². The maximum Gasteiger partial charge on any atom is 0.170 e. The molecule has 0 aromatic heterocycles. The number of rotatable bonds is 8. The molecule has 0 atom stereocenters. The Labute approximate surface area is 145 Å². The van der Waals surface area contributed by atoms with Crippen LogP contribution in [-0.4, -0.2) is 44.5 Å². The van der Waals surface area contributed by atoms with Crippen molar-refractivity contribution >= 4 is 23.0 Å². The van der Waals surface area contributed by atoms with Gasteiger partial charge in [-0.3, -0.25) is 0 Å². The Morgan fingerprint density at radius 2 is 1.91 bits per heavy atom. The molecule has 1 aliphatic rings. The number of hydrogen-bond donors (Lipinski definition) is 3. The van der Waals surface area contributed by atoms with E-state index in [9.17, 15) is 0 Å². The van der Waals surface area contributed by atoms with Gasteiger partial charge in [0.1, 0.15) is 13.1 Å². The van der Waals surface area contributed by atoms with Crippen LogP contribution in [-0.2, 0) is 11.2 Å². The van der Waals surface area contributed by atoms with E-state index in [1.807, 2.05) is 0 Å². The predicted octanol–water partition coefficient (Wildman–Crippen LogP) is 1.62. The van der Waals surface area contributed by atoms with Crippen LogP contribution in [0.5, 0.6) is 0 Å². The van der Waals surface area contributed by atoms with Crippen molar-refractivity contribution in [3.05, 3.63) is 29.8 Å². The van der Waals surface area contributed by atoms with Crippen molar-refractivity contribution in [2.75, 3.05) is 44.7 Å². The highest BCUT2D eigenvalue weighted by Gasteiger charge is 2.12. The molecule has 1 aliphatic heterocycles. The van der Waals surface area contributed by atoms with Crippen LogP contribution in [0.15, 0.2) is 24.3 Å². The van der Waals surface area contributed by atoms with Crippen molar-refractivity contribution < 1.29 is 9.64 Å². The number of quaternary nitrogens is 1. The maximum absolute atomic E-state index is 5.37. The lowest BCUT2D eigenvalue weighted by atomic mass is 10.1. The van der Waals surface area contributed by atoms with Crippen LogP contribution >= 0.6 is 12.2 Å². The second-order valence-corrected chi connectivity index (χ2v) is 6.56. The van der Waals surface area contributed by atoms with E-state index in [0.29, 0.717) is 5.11 Å². The highest BCUT2D eigenvalue weighted by Crippen LogP contribution is 2.12. The number of thiocarbonyl (C=S) groups is 1. The first kappa shape index (κ1) is 18.2. The van der Waals surface area contributed by atoms with Gasteiger partial charge in [0.15, 0.2) is 5.11 Å². The third-order valence-electron chi connectivity index (χ3n) is 4.24. The Morgan fingerprint density at radius 1 is 1.17 bits per heavy atom. The third-order valence-corrected chi connectivity index (χ3v) is 4.49. The van der Waals surface area contributed by atoms with Gasteiger partial charge in [0.2, 0.25) is 0 Å². The number of anilines is 1. The molecule has 23 heavy (non-hydrogen) atoms. The van der Waals surface area contributed by atoms with Crippen LogP contribution in [0.25, 0.3) is 0 Å². The molecule has 0 amide bonds. The van der Waals surface area contributed by atoms with Crippen LogP contribution in [0.4, 0.5) is 5.69 Å². The van der Waals surface area contributed by atoms with Gasteiger partial charge in [0.05, 0.1) is 26.3 Å². The number of benzene rings is 1. The molecule has 1 fully saturated rings. The summed E-state index contributed by atoms with van der Waals surface area (Å²) in [4.78, 5) is 1.59. The van der Waals surface area contributed by atoms with E-state index in [0.717, 1.165) is 45.1 Å². The summed E-state index contributed by atoms with van der Waals surface area (Å²) in [6.45, 7) is 8.17. The van der Waals surface area contributed by atoms with E-state index in [-0.39, 0.29) is 0 Å². The first-order valence-corrected chi connectivity index (χ1v) is 9.24. The number of aryl methyl sites for hydroxylation is 1. The fourth-order valence-electron chi connectivity index (χ4n) is 2.77. The van der Waals surface area contributed by atoms with Crippen molar-refractivity contribution in [1.82, 2.24) is 5.32 Å². The molecule has 5 heteroatoms. The van der Waals surface area contributed by atoms with E-state index < -0.39 is 0 Å². The third kappa shape index (κ3) is 7.29. The van der Waals surface area contributed by atoms with E-state index in [4.69, 9.17) is 17.0 Å². The number of hydrogen-bond acceptors (Lipinski definition) is 2. The highest BCUT2D eigenvalue weighted by molar-refractivity contribution is 7.80. The zero-order valence-corrected chi connectivity index (χ0v) is 15.0. The molecular weight excluding hydrogens is 306 g/mol. The lowest BCUT2D eigenvalue weighted by Gasteiger charge is -2.24. The second kappa shape index (κ2) is 10.6. The van der Waals surface area contributed by atoms with Crippen molar-refractivity contribution in [2.45, 2.75) is 32.6 Å². The van der Waals surface area contributed by atoms with Crippen molar-refractivity contribution in [2.24, 2.45) is 0 Å². The molecule has 0 radical (unpaired) electrons. The van der Waals surface area contributed by atoms with Gasteiger partial charge in [-0.15, -0.1) is 0 Å². The van der Waals surface area contributed by atoms with Crippen LogP contribution < -0.4 is 15.5 Å². The molecule has 0 saturated carbocycles. The largest absolute Gasteiger partial charge is 0.370 e. The van der Waals surface area contributed by atoms with Gasteiger partial charge < -0.3 is 20.3 Å². The summed E-state index contributed by atoms with van der Waals surface area (Å²) < 4.78 is 5.37. The van der Waals surface area contributed by atoms with Crippen LogP contribution in [0, 0.1) is 0 Å². The highest BCUT2D eigenvalue weighted by atomic mass is 32.1. The molecule has 1 saturated heterocycles. The van der Waals surface area contributed by atoms with Crippen LogP contribution in [0.1, 0.15) is 31.7 Å². The summed E-state index contributed by atoms with van der Waals surface area (Å²) in [5.41, 5.74) is 2.46. The summed E-state index contributed by atoms with van der Waals surface area (Å²) in [7, 11) is 0. The Hall–Kier alpha value is -1.17. The van der Waals surface area contributed by atoms with Gasteiger partial charge >= 0.3 is 0 Å². The van der Waals surface area contributed by atoms with Gasteiger partial charge in [-0.05, 0) is 42.8 Å². The summed E-state index contributed by atoms with van der Waals surface area (Å²) in [6, 6.07) is 8.61. The predicted molar refractivity (Wildman–Crippen MR) is 100 cm³/mol. The summed E-state index contributed by atoms with van der Waals surface area (Å²) in [5.74, 6) is 0. The maximum atomic E-state index is 5.37. The van der Waals surface area contributed by atoms with Gasteiger partial charge in [-0.25, -0.2) is 0 Å². The molecule has 1 aromatic carbocycles. The number of nitrogens with one attached hydrogen (secondary N) is 3. The normalized spacial score (nSPS) is 15.3. The first-order valence-electron chi connectivity index (χ1n) is 8.83. The molecule has 128 valence electrons. The number of morpholine rings is 1. The minimum absolute atomic E-state index is 0.705. The average Bonchev–Trinajstić information content (AvgIpc) is 2.58. The molecule has 0 aliphatic carbocycles. The van der Waals surface area contributed by atoms with E-state index >= 15 is 0 Å². The number of ether oxygens (including phenoxy) is 1. The molecule has 0 spiro atoms. The summed E-state index contributed by atoms with van der Waals surface area (Å²) in [5, 5.41) is 7.26. The zero-order valence-electron chi connectivity index (χ0n) is 14.2. The molecule has 0 bridgehead atoms. The minimum Gasteiger partial charge on any atom is -0.370 e. The molecule has 1 aromatic rings. The molecule has 1 heterocycles. The minimum atomic E-state index is 0.705. The first-order chi connectivity index (χ1) is 11.3. The Morgan fingerprint density at radius 3 is 2.61 bits per heavy atom. The van der Waals surface area contributed by atoms with Crippen LogP contribution in [0.3, 0.4) is 0 Å². The van der Waals surface area contributed by atoms with E-state index in [2.05, 4.69) is 41.8 Å². The smallest absolute Gasteiger partial charge is 0.170 e. The lowest BCUT2D eigenvalue weighted by molar-refractivity contribution is -0.906. The Kier molecular flexibility index (Phi) is 8.36. The molecule has 4 nitrogen and oxygen atoms in total. The van der Waals surface area contributed by atoms with Crippen molar-refractivity contribution in [3.8, 4) is 0 Å². The SMILES string of the molecule is CCCCCc1ccc(NC(=S)NCC[NH+]2CCOCC2)cc1. The average molecular weight is 337 g/mol. The fraction of sp³-hybridized carbons (Fsp3) is 0.611. The second-order valence-electron chi connectivity index (χ2n) is 6.15. The molecule has 3 N–H and O–H groups in total. The molecule has 2 rings (SSSR count). The molecular formula is C18H30N3OS+. The van der Waals surface area contributed by atoms with Gasteiger partial charge in [-0.1, -0.05) is 31.9 Å². The van der Waals surface area contributed by atoms with Crippen molar-refractivity contribution in [1.29, 1.82) is 0 Å². The number of unbranched alkanes of at least 4 members (excludes halogenated alkanes) is 2. The summed E-state index contributed by atoms with van der Waals surface area (Å²) >= 11 is 5.37. The summed E-state index contributed by atoms with van der Waals surface area (Å²) in [6.07, 6.45) is 5.01.